The topological polar surface area (TPSA) is 88.1 Å². The Kier molecular flexibility index (Phi) is 6.69. The molecule has 1 saturated heterocycles. The van der Waals surface area contributed by atoms with Gasteiger partial charge in [0.2, 0.25) is 5.91 Å². The molecule has 7 nitrogen and oxygen atoms in total. The van der Waals surface area contributed by atoms with Crippen molar-refractivity contribution in [2.75, 3.05) is 44.9 Å². The van der Waals surface area contributed by atoms with E-state index in [1.54, 1.807) is 31.3 Å². The number of nitrogens with one attached hydrogen (secondary N) is 1. The Bertz CT molecular complexity index is 608. The van der Waals surface area contributed by atoms with Crippen LogP contribution in [0.3, 0.4) is 0 Å². The number of amides is 2. The van der Waals surface area contributed by atoms with E-state index in [1.807, 2.05) is 0 Å². The summed E-state index contributed by atoms with van der Waals surface area (Å²) in [4.78, 5) is 25.4. The first-order chi connectivity index (χ1) is 12.0. The second-order valence-electron chi connectivity index (χ2n) is 5.89. The Hall–Kier alpha value is -2.22. The molecule has 2 rings (SSSR count). The normalized spacial score (nSPS) is 19.4. The maximum atomic E-state index is 12.3. The molecule has 2 N–H and O–H groups in total. The molecule has 1 heterocycles. The van der Waals surface area contributed by atoms with Crippen LogP contribution in [0.15, 0.2) is 36.9 Å². The van der Waals surface area contributed by atoms with Crippen molar-refractivity contribution < 1.29 is 24.2 Å². The van der Waals surface area contributed by atoms with Crippen molar-refractivity contribution in [2.24, 2.45) is 0 Å². The van der Waals surface area contributed by atoms with Crippen LogP contribution in [0.4, 0.5) is 5.69 Å². The highest BCUT2D eigenvalue weighted by molar-refractivity contribution is 6.01. The zero-order valence-electron chi connectivity index (χ0n) is 14.4. The minimum absolute atomic E-state index is 0.0753. The molecule has 0 saturated carbocycles. The molecule has 1 aliphatic heterocycles. The average molecular weight is 348 g/mol. The first-order valence-corrected chi connectivity index (χ1v) is 8.12. The Labute approximate surface area is 147 Å². The fourth-order valence-electron chi connectivity index (χ4n) is 2.60. The van der Waals surface area contributed by atoms with Gasteiger partial charge in [-0.25, -0.2) is 0 Å². The molecule has 136 valence electrons. The monoisotopic (exact) mass is 348 g/mol. The average Bonchev–Trinajstić information content (AvgIpc) is 3.12. The number of carbonyl (C=O) groups is 2. The highest BCUT2D eigenvalue weighted by Crippen LogP contribution is 2.22. The molecule has 0 spiro atoms. The third kappa shape index (κ3) is 4.88. The van der Waals surface area contributed by atoms with E-state index in [0.717, 1.165) is 0 Å². The number of rotatable bonds is 8. The second-order valence-corrected chi connectivity index (χ2v) is 5.89. The Morgan fingerprint density at radius 2 is 2.16 bits per heavy atom. The van der Waals surface area contributed by atoms with Gasteiger partial charge < -0.3 is 24.8 Å². The first-order valence-electron chi connectivity index (χ1n) is 8.12. The van der Waals surface area contributed by atoms with Crippen molar-refractivity contribution in [2.45, 2.75) is 12.0 Å². The van der Waals surface area contributed by atoms with E-state index in [9.17, 15) is 9.59 Å². The molecule has 7 heteroatoms. The summed E-state index contributed by atoms with van der Waals surface area (Å²) in [6.45, 7) is 4.85. The molecule has 0 bridgehead atoms. The number of hydrogen-bond donors (Lipinski definition) is 2. The fourth-order valence-corrected chi connectivity index (χ4v) is 2.60. The Morgan fingerprint density at radius 3 is 2.72 bits per heavy atom. The van der Waals surface area contributed by atoms with Crippen LogP contribution in [-0.4, -0.2) is 62.5 Å². The van der Waals surface area contributed by atoms with E-state index in [4.69, 9.17) is 14.6 Å². The molecule has 1 fully saturated rings. The largest absolute Gasteiger partial charge is 0.394 e. The van der Waals surface area contributed by atoms with Crippen LogP contribution in [0.25, 0.3) is 0 Å². The molecule has 1 unspecified atom stereocenters. The third-order valence-electron chi connectivity index (χ3n) is 4.16. The van der Waals surface area contributed by atoms with Gasteiger partial charge in [0.05, 0.1) is 19.8 Å². The van der Waals surface area contributed by atoms with E-state index in [1.165, 1.54) is 11.0 Å². The van der Waals surface area contributed by atoms with E-state index in [2.05, 4.69) is 11.9 Å². The summed E-state index contributed by atoms with van der Waals surface area (Å²) in [5, 5.41) is 11.8. The lowest BCUT2D eigenvalue weighted by molar-refractivity contribution is -0.113. The van der Waals surface area contributed by atoms with Crippen LogP contribution in [0, 0.1) is 0 Å². The van der Waals surface area contributed by atoms with Crippen LogP contribution in [0.1, 0.15) is 16.8 Å². The van der Waals surface area contributed by atoms with Gasteiger partial charge in [0, 0.05) is 37.9 Å². The van der Waals surface area contributed by atoms with Crippen molar-refractivity contribution in [1.82, 2.24) is 5.32 Å². The second kappa shape index (κ2) is 8.75. The predicted octanol–water partition coefficient (Wildman–Crippen LogP) is 0.733. The van der Waals surface area contributed by atoms with E-state index in [-0.39, 0.29) is 25.0 Å². The number of benzene rings is 1. The Balaban J connectivity index is 1.96. The molecular formula is C18H24N2O5. The van der Waals surface area contributed by atoms with Gasteiger partial charge in [0.25, 0.3) is 5.91 Å². The van der Waals surface area contributed by atoms with Gasteiger partial charge in [-0.05, 0) is 30.3 Å². The fraction of sp³-hybridized carbons (Fsp3) is 0.444. The van der Waals surface area contributed by atoms with Crippen molar-refractivity contribution in [1.29, 1.82) is 0 Å². The first kappa shape index (κ1) is 19.1. The molecule has 0 aliphatic carbocycles. The summed E-state index contributed by atoms with van der Waals surface area (Å²) in [7, 11) is 1.64. The summed E-state index contributed by atoms with van der Waals surface area (Å²) in [6, 6.07) is 6.72. The van der Waals surface area contributed by atoms with Gasteiger partial charge in [-0.3, -0.25) is 9.59 Å². The maximum absolute atomic E-state index is 12.3. The quantitative estimate of drug-likeness (QED) is 0.677. The molecule has 1 aromatic rings. The lowest BCUT2D eigenvalue weighted by atomic mass is 10.0. The minimum atomic E-state index is -0.588. The predicted molar refractivity (Wildman–Crippen MR) is 93.6 cm³/mol. The lowest BCUT2D eigenvalue weighted by Gasteiger charge is -2.27. The summed E-state index contributed by atoms with van der Waals surface area (Å²) in [6.07, 6.45) is 1.90. The smallest absolute Gasteiger partial charge is 0.251 e. The molecule has 1 aromatic carbocycles. The molecule has 0 aromatic heterocycles. The number of hydrogen-bond acceptors (Lipinski definition) is 5. The summed E-state index contributed by atoms with van der Waals surface area (Å²) < 4.78 is 11.0. The summed E-state index contributed by atoms with van der Waals surface area (Å²) in [5.74, 6) is -0.454. The summed E-state index contributed by atoms with van der Waals surface area (Å²) in [5.41, 5.74) is 0.572. The number of carbonyl (C=O) groups excluding carboxylic acids is 2. The van der Waals surface area contributed by atoms with Crippen LogP contribution in [0.5, 0.6) is 0 Å². The van der Waals surface area contributed by atoms with Crippen molar-refractivity contribution in [3.8, 4) is 0 Å². The van der Waals surface area contributed by atoms with Gasteiger partial charge in [0.1, 0.15) is 5.60 Å². The van der Waals surface area contributed by atoms with Gasteiger partial charge in [-0.15, -0.1) is 0 Å². The number of aliphatic hydroxyl groups is 1. The number of aliphatic hydroxyl groups excluding tert-OH is 1. The SMILES string of the molecule is C=CC(=O)N(C)c1ccc(C(=O)NCC2(OCCO)CCOC2)cc1. The van der Waals surface area contributed by atoms with Crippen molar-refractivity contribution >= 4 is 17.5 Å². The highest BCUT2D eigenvalue weighted by Gasteiger charge is 2.36. The maximum Gasteiger partial charge on any atom is 0.251 e. The molecule has 2 amide bonds. The van der Waals surface area contributed by atoms with Crippen LogP contribution >= 0.6 is 0 Å². The zero-order valence-corrected chi connectivity index (χ0v) is 14.4. The van der Waals surface area contributed by atoms with Gasteiger partial charge in [-0.1, -0.05) is 6.58 Å². The van der Waals surface area contributed by atoms with E-state index in [0.29, 0.717) is 37.4 Å². The van der Waals surface area contributed by atoms with Crippen molar-refractivity contribution in [3.63, 3.8) is 0 Å². The molecule has 1 aliphatic rings. The van der Waals surface area contributed by atoms with Gasteiger partial charge >= 0.3 is 0 Å². The Morgan fingerprint density at radius 1 is 1.44 bits per heavy atom. The highest BCUT2D eigenvalue weighted by atomic mass is 16.6. The standard InChI is InChI=1S/C18H24N2O5/c1-3-16(22)20(2)15-6-4-14(5-7-15)17(23)19-12-18(25-11-9-21)8-10-24-13-18/h3-7,21H,1,8-13H2,2H3,(H,19,23). The van der Waals surface area contributed by atoms with Crippen LogP contribution in [0.2, 0.25) is 0 Å². The molecule has 1 atom stereocenters. The lowest BCUT2D eigenvalue weighted by Crippen LogP contribution is -2.46. The third-order valence-corrected chi connectivity index (χ3v) is 4.16. The molecular weight excluding hydrogens is 324 g/mol. The van der Waals surface area contributed by atoms with E-state index >= 15 is 0 Å². The molecule has 25 heavy (non-hydrogen) atoms. The minimum Gasteiger partial charge on any atom is -0.394 e. The number of ether oxygens (including phenoxy) is 2. The van der Waals surface area contributed by atoms with Crippen LogP contribution < -0.4 is 10.2 Å². The number of likely N-dealkylation sites (N-methyl/N-ethyl adjacent to an activating group) is 1. The van der Waals surface area contributed by atoms with Gasteiger partial charge in [-0.2, -0.15) is 0 Å². The van der Waals surface area contributed by atoms with E-state index < -0.39 is 5.60 Å². The van der Waals surface area contributed by atoms with Crippen molar-refractivity contribution in [3.05, 3.63) is 42.5 Å². The summed E-state index contributed by atoms with van der Waals surface area (Å²) >= 11 is 0. The number of nitrogens with zero attached hydrogens (tertiary/aromatic N) is 1. The van der Waals surface area contributed by atoms with Crippen LogP contribution in [-0.2, 0) is 14.3 Å². The number of anilines is 1. The van der Waals surface area contributed by atoms with Gasteiger partial charge in [0.15, 0.2) is 0 Å². The zero-order chi connectivity index (χ0) is 18.3. The molecule has 0 radical (unpaired) electrons.